The summed E-state index contributed by atoms with van der Waals surface area (Å²) in [6.07, 6.45) is 0.827. The minimum absolute atomic E-state index is 0.00265. The average molecular weight is 212 g/mol. The van der Waals surface area contributed by atoms with E-state index < -0.39 is 0 Å². The van der Waals surface area contributed by atoms with Crippen LogP contribution in [0.2, 0.25) is 0 Å². The maximum Gasteiger partial charge on any atom is 0.152 e. The molecule has 0 saturated carbocycles. The molecule has 14 heavy (non-hydrogen) atoms. The molecule has 1 aromatic carbocycles. The largest absolute Gasteiger partial charge is 0.410 e. The summed E-state index contributed by atoms with van der Waals surface area (Å²) in [5, 5.41) is 12.0. The maximum absolute atomic E-state index is 8.64. The minimum Gasteiger partial charge on any atom is -0.410 e. The van der Waals surface area contributed by atoms with Crippen LogP contribution in [0.25, 0.3) is 0 Å². The fraction of sp³-hybridized carbons (Fsp3) is 0.364. The van der Waals surface area contributed by atoms with Crippen molar-refractivity contribution in [1.29, 1.82) is 0 Å². The Morgan fingerprint density at radius 1 is 1.50 bits per heavy atom. The lowest BCUT2D eigenvalue weighted by atomic mass is 9.93. The number of halogens is 1. The van der Waals surface area contributed by atoms with Gasteiger partial charge in [-0.1, -0.05) is 47.9 Å². The molecule has 0 aliphatic heterocycles. The highest BCUT2D eigenvalue weighted by atomic mass is 35.5. The molecule has 0 aliphatic carbocycles. The molecule has 0 amide bonds. The van der Waals surface area contributed by atoms with Gasteiger partial charge in [-0.15, -0.1) is 0 Å². The van der Waals surface area contributed by atoms with E-state index in [1.807, 2.05) is 38.1 Å². The van der Waals surface area contributed by atoms with E-state index in [1.54, 1.807) is 0 Å². The molecule has 1 atom stereocenters. The third kappa shape index (κ3) is 2.26. The van der Waals surface area contributed by atoms with E-state index in [-0.39, 0.29) is 11.1 Å². The summed E-state index contributed by atoms with van der Waals surface area (Å²) < 4.78 is 0. The van der Waals surface area contributed by atoms with E-state index in [9.17, 15) is 0 Å². The van der Waals surface area contributed by atoms with Gasteiger partial charge >= 0.3 is 0 Å². The molecule has 0 radical (unpaired) electrons. The van der Waals surface area contributed by atoms with Crippen molar-refractivity contribution in [1.82, 2.24) is 0 Å². The smallest absolute Gasteiger partial charge is 0.152 e. The monoisotopic (exact) mass is 211 g/mol. The van der Waals surface area contributed by atoms with Gasteiger partial charge in [0.15, 0.2) is 5.17 Å². The zero-order valence-electron chi connectivity index (χ0n) is 8.37. The Morgan fingerprint density at radius 2 is 2.14 bits per heavy atom. The van der Waals surface area contributed by atoms with E-state index >= 15 is 0 Å². The molecule has 0 spiro atoms. The van der Waals surface area contributed by atoms with Gasteiger partial charge in [-0.3, -0.25) is 0 Å². The van der Waals surface area contributed by atoms with Crippen LogP contribution >= 0.6 is 11.6 Å². The predicted molar refractivity (Wildman–Crippen MR) is 59.3 cm³/mol. The second kappa shape index (κ2) is 5.01. The summed E-state index contributed by atoms with van der Waals surface area (Å²) in [7, 11) is 0. The molecule has 1 N–H and O–H groups in total. The Bertz CT molecular complexity index is 336. The fourth-order valence-corrected chi connectivity index (χ4v) is 1.84. The highest BCUT2D eigenvalue weighted by molar-refractivity contribution is 6.66. The van der Waals surface area contributed by atoms with Gasteiger partial charge in [0.2, 0.25) is 0 Å². The normalized spacial score (nSPS) is 14.1. The molecule has 0 aliphatic rings. The number of rotatable bonds is 3. The van der Waals surface area contributed by atoms with Crippen LogP contribution in [0.15, 0.2) is 29.4 Å². The van der Waals surface area contributed by atoms with Gasteiger partial charge < -0.3 is 5.21 Å². The number of nitrogens with zero attached hydrogens (tertiary/aromatic N) is 1. The lowest BCUT2D eigenvalue weighted by molar-refractivity contribution is 0.318. The van der Waals surface area contributed by atoms with Gasteiger partial charge in [0.05, 0.1) is 0 Å². The molecule has 76 valence electrons. The summed E-state index contributed by atoms with van der Waals surface area (Å²) >= 11 is 5.84. The molecule has 0 saturated heterocycles. The van der Waals surface area contributed by atoms with Gasteiger partial charge in [0.25, 0.3) is 0 Å². The molecule has 2 nitrogen and oxygen atoms in total. The van der Waals surface area contributed by atoms with Crippen LogP contribution in [0.1, 0.15) is 30.4 Å². The quantitative estimate of drug-likeness (QED) is 0.463. The van der Waals surface area contributed by atoms with E-state index in [1.165, 1.54) is 5.56 Å². The first-order valence-corrected chi connectivity index (χ1v) is 5.01. The molecule has 1 unspecified atom stereocenters. The molecular formula is C11H14ClNO. The number of hydrogen-bond acceptors (Lipinski definition) is 2. The summed E-state index contributed by atoms with van der Waals surface area (Å²) in [5.74, 6) is 0.00265. The number of benzene rings is 1. The third-order valence-corrected chi connectivity index (χ3v) is 2.69. The van der Waals surface area contributed by atoms with Gasteiger partial charge in [-0.2, -0.15) is 0 Å². The first-order chi connectivity index (χ1) is 6.70. The third-order valence-electron chi connectivity index (χ3n) is 2.36. The zero-order valence-corrected chi connectivity index (χ0v) is 9.12. The van der Waals surface area contributed by atoms with Gasteiger partial charge in [-0.25, -0.2) is 0 Å². The van der Waals surface area contributed by atoms with E-state index in [4.69, 9.17) is 16.8 Å². The van der Waals surface area contributed by atoms with Gasteiger partial charge in [-0.05, 0) is 24.5 Å². The Labute approximate surface area is 89.2 Å². The van der Waals surface area contributed by atoms with Crippen molar-refractivity contribution in [2.75, 3.05) is 0 Å². The van der Waals surface area contributed by atoms with Crippen molar-refractivity contribution in [2.45, 2.75) is 26.2 Å². The Kier molecular flexibility index (Phi) is 3.96. The van der Waals surface area contributed by atoms with Crippen LogP contribution in [0.3, 0.4) is 0 Å². The van der Waals surface area contributed by atoms with Gasteiger partial charge in [0, 0.05) is 5.92 Å². The lowest BCUT2D eigenvalue weighted by Crippen LogP contribution is -2.07. The Hall–Kier alpha value is -1.02. The van der Waals surface area contributed by atoms with Crippen molar-refractivity contribution in [2.24, 2.45) is 5.16 Å². The highest BCUT2D eigenvalue weighted by Gasteiger charge is 2.16. The molecule has 0 fully saturated rings. The molecule has 0 aromatic heterocycles. The number of hydrogen-bond donors (Lipinski definition) is 1. The average Bonchev–Trinajstić information content (AvgIpc) is 2.21. The second-order valence-corrected chi connectivity index (χ2v) is 3.63. The zero-order chi connectivity index (χ0) is 10.6. The van der Waals surface area contributed by atoms with Crippen LogP contribution < -0.4 is 0 Å². The SMILES string of the molecule is CCC(/C(Cl)=N\O)c1ccccc1C. The van der Waals surface area contributed by atoms with Crippen LogP contribution in [0, 0.1) is 6.92 Å². The number of oxime groups is 1. The minimum atomic E-state index is 0.00265. The van der Waals surface area contributed by atoms with Crippen LogP contribution in [0.5, 0.6) is 0 Å². The Balaban J connectivity index is 3.07. The standard InChI is InChI=1S/C11H14ClNO/c1-3-9(11(12)13-14)10-7-5-4-6-8(10)2/h4-7,9,14H,3H2,1-2H3/b13-11+. The van der Waals surface area contributed by atoms with Crippen molar-refractivity contribution < 1.29 is 5.21 Å². The summed E-state index contributed by atoms with van der Waals surface area (Å²) in [4.78, 5) is 0. The van der Waals surface area contributed by atoms with E-state index in [0.717, 1.165) is 12.0 Å². The summed E-state index contributed by atoms with van der Waals surface area (Å²) in [6.45, 7) is 4.05. The van der Waals surface area contributed by atoms with E-state index in [0.29, 0.717) is 0 Å². The first kappa shape index (κ1) is 11.1. The maximum atomic E-state index is 8.64. The molecule has 1 rings (SSSR count). The highest BCUT2D eigenvalue weighted by Crippen LogP contribution is 2.25. The Morgan fingerprint density at radius 3 is 2.64 bits per heavy atom. The second-order valence-electron chi connectivity index (χ2n) is 3.24. The topological polar surface area (TPSA) is 32.6 Å². The molecule has 0 heterocycles. The number of aryl methyl sites for hydroxylation is 1. The fourth-order valence-electron chi connectivity index (χ4n) is 1.56. The van der Waals surface area contributed by atoms with Crippen LogP contribution in [-0.2, 0) is 0 Å². The van der Waals surface area contributed by atoms with Crippen LogP contribution in [0.4, 0.5) is 0 Å². The summed E-state index contributed by atoms with van der Waals surface area (Å²) in [5.41, 5.74) is 2.29. The van der Waals surface area contributed by atoms with Gasteiger partial charge in [0.1, 0.15) is 0 Å². The van der Waals surface area contributed by atoms with Crippen molar-refractivity contribution in [3.05, 3.63) is 35.4 Å². The van der Waals surface area contributed by atoms with Crippen molar-refractivity contribution >= 4 is 16.8 Å². The first-order valence-electron chi connectivity index (χ1n) is 4.63. The van der Waals surface area contributed by atoms with Crippen molar-refractivity contribution in [3.63, 3.8) is 0 Å². The summed E-state index contributed by atoms with van der Waals surface area (Å²) in [6, 6.07) is 7.98. The molecule has 0 bridgehead atoms. The predicted octanol–water partition coefficient (Wildman–Crippen LogP) is 3.52. The van der Waals surface area contributed by atoms with Crippen molar-refractivity contribution in [3.8, 4) is 0 Å². The molecular weight excluding hydrogens is 198 g/mol. The lowest BCUT2D eigenvalue weighted by Gasteiger charge is -2.14. The molecule has 3 heteroatoms. The molecule has 1 aromatic rings. The van der Waals surface area contributed by atoms with Crippen LogP contribution in [-0.4, -0.2) is 10.4 Å². The van der Waals surface area contributed by atoms with E-state index in [2.05, 4.69) is 5.16 Å².